The Balaban J connectivity index is 1.46. The molecule has 3 aromatic rings. The number of rotatable bonds is 6. The van der Waals surface area contributed by atoms with Crippen LogP contribution in [0.1, 0.15) is 31.2 Å². The zero-order valence-electron chi connectivity index (χ0n) is 21.7. The van der Waals surface area contributed by atoms with Crippen LogP contribution in [0.25, 0.3) is 22.2 Å². The van der Waals surface area contributed by atoms with Gasteiger partial charge in [0.25, 0.3) is 0 Å². The van der Waals surface area contributed by atoms with Gasteiger partial charge in [-0.05, 0) is 38.4 Å². The Bertz CT molecular complexity index is 1430. The maximum absolute atomic E-state index is 16.2. The third kappa shape index (κ3) is 4.73. The van der Waals surface area contributed by atoms with Gasteiger partial charge in [0.15, 0.2) is 5.82 Å². The Hall–Kier alpha value is -2.83. The molecule has 13 heteroatoms. The summed E-state index contributed by atoms with van der Waals surface area (Å²) in [7, 11) is 1.82. The van der Waals surface area contributed by atoms with Crippen molar-refractivity contribution >= 4 is 28.3 Å². The van der Waals surface area contributed by atoms with Crippen LogP contribution in [0.2, 0.25) is 5.02 Å². The number of alkyl halides is 4. The van der Waals surface area contributed by atoms with Crippen molar-refractivity contribution in [2.75, 3.05) is 44.7 Å². The molecule has 0 spiro atoms. The molecule has 3 aliphatic rings. The lowest BCUT2D eigenvalue weighted by molar-refractivity contribution is -0.137. The fourth-order valence-electron chi connectivity index (χ4n) is 6.34. The highest BCUT2D eigenvalue weighted by molar-refractivity contribution is 6.31. The van der Waals surface area contributed by atoms with Crippen LogP contribution in [0.4, 0.5) is 27.8 Å². The first-order chi connectivity index (χ1) is 19.1. The van der Waals surface area contributed by atoms with Gasteiger partial charge < -0.3 is 15.0 Å². The quantitative estimate of drug-likeness (QED) is 0.398. The van der Waals surface area contributed by atoms with Crippen molar-refractivity contribution in [1.82, 2.24) is 25.2 Å². The minimum absolute atomic E-state index is 0.0458. The van der Waals surface area contributed by atoms with E-state index in [4.69, 9.17) is 16.3 Å². The third-order valence-electron chi connectivity index (χ3n) is 8.34. The fourth-order valence-corrected chi connectivity index (χ4v) is 6.62. The summed E-state index contributed by atoms with van der Waals surface area (Å²) in [6, 6.07) is 3.46. The SMILES string of the molecule is CN(c1nc(OC[C@@]23CCCN2C[C@H](F)C3)nc2c(F)c(-c3cccc(Cl)c3C(F)(F)F)ncc12)[C@@H]1CCNC1. The third-order valence-corrected chi connectivity index (χ3v) is 8.66. The molecule has 0 aliphatic carbocycles. The monoisotopic (exact) mass is 582 g/mol. The highest BCUT2D eigenvalue weighted by Crippen LogP contribution is 2.43. The number of hydrogen-bond donors (Lipinski definition) is 1. The first kappa shape index (κ1) is 27.3. The first-order valence-corrected chi connectivity index (χ1v) is 13.6. The topological polar surface area (TPSA) is 66.4 Å². The summed E-state index contributed by atoms with van der Waals surface area (Å²) in [4.78, 5) is 17.0. The van der Waals surface area contributed by atoms with Gasteiger partial charge in [0, 0.05) is 44.4 Å². The normalized spacial score (nSPS) is 25.1. The molecule has 214 valence electrons. The standard InChI is InChI=1S/C27H28ClF5N6O/c1-38(16-6-8-34-11-16)24-18-12-35-22(17-4-2-5-19(28)20(17)27(31,32)33)21(30)23(18)36-25(37-24)40-14-26-7-3-9-39(26)13-15(29)10-26/h2,4-5,12,15-16,34H,3,6-11,13-14H2,1H3/t15-,16-,26+/m1/s1. The van der Waals surface area contributed by atoms with Crippen LogP contribution in [0.3, 0.4) is 0 Å². The summed E-state index contributed by atoms with van der Waals surface area (Å²) in [5.74, 6) is -0.689. The molecule has 1 aromatic carbocycles. The van der Waals surface area contributed by atoms with Gasteiger partial charge in [-0.2, -0.15) is 23.1 Å². The molecule has 1 N–H and O–H groups in total. The number of pyridine rings is 1. The van der Waals surface area contributed by atoms with Crippen LogP contribution in [-0.2, 0) is 6.18 Å². The molecule has 2 aromatic heterocycles. The van der Waals surface area contributed by atoms with E-state index in [-0.39, 0.29) is 29.6 Å². The van der Waals surface area contributed by atoms with Gasteiger partial charge in [0.05, 0.1) is 21.5 Å². The molecule has 3 atom stereocenters. The van der Waals surface area contributed by atoms with E-state index >= 15 is 4.39 Å². The van der Waals surface area contributed by atoms with Crippen molar-refractivity contribution in [3.05, 3.63) is 40.8 Å². The number of nitrogens with one attached hydrogen (secondary N) is 1. The first-order valence-electron chi connectivity index (χ1n) is 13.3. The number of anilines is 1. The van der Waals surface area contributed by atoms with Gasteiger partial charge >= 0.3 is 12.2 Å². The van der Waals surface area contributed by atoms with Crippen LogP contribution in [0.5, 0.6) is 6.01 Å². The van der Waals surface area contributed by atoms with E-state index in [9.17, 15) is 17.6 Å². The lowest BCUT2D eigenvalue weighted by Crippen LogP contribution is -2.43. The number of halogens is 6. The molecular weight excluding hydrogens is 555 g/mol. The van der Waals surface area contributed by atoms with E-state index < -0.39 is 45.5 Å². The van der Waals surface area contributed by atoms with E-state index in [1.165, 1.54) is 12.3 Å². The second kappa shape index (κ2) is 10.2. The molecule has 0 saturated carbocycles. The van der Waals surface area contributed by atoms with E-state index in [1.54, 1.807) is 0 Å². The maximum Gasteiger partial charge on any atom is 0.418 e. The molecule has 0 radical (unpaired) electrons. The molecule has 0 unspecified atom stereocenters. The van der Waals surface area contributed by atoms with E-state index in [2.05, 4.69) is 25.2 Å². The molecule has 7 nitrogen and oxygen atoms in total. The number of fused-ring (bicyclic) bond motifs is 2. The van der Waals surface area contributed by atoms with Gasteiger partial charge in [-0.3, -0.25) is 9.88 Å². The molecule has 3 aliphatic heterocycles. The van der Waals surface area contributed by atoms with Crippen molar-refractivity contribution in [2.45, 2.75) is 49.6 Å². The van der Waals surface area contributed by atoms with Crippen LogP contribution in [0.15, 0.2) is 24.4 Å². The summed E-state index contributed by atoms with van der Waals surface area (Å²) in [6.45, 7) is 2.72. The predicted octanol–water partition coefficient (Wildman–Crippen LogP) is 5.26. The van der Waals surface area contributed by atoms with Crippen molar-refractivity contribution in [3.8, 4) is 17.3 Å². The molecule has 3 saturated heterocycles. The van der Waals surface area contributed by atoms with Gasteiger partial charge in [-0.1, -0.05) is 23.7 Å². The fraction of sp³-hybridized carbons (Fsp3) is 0.519. The Kier molecular flexibility index (Phi) is 6.99. The summed E-state index contributed by atoms with van der Waals surface area (Å²) < 4.78 is 78.2. The Morgan fingerprint density at radius 2 is 2.10 bits per heavy atom. The number of ether oxygens (including phenoxy) is 1. The highest BCUT2D eigenvalue weighted by Gasteiger charge is 2.49. The number of benzene rings is 1. The summed E-state index contributed by atoms with van der Waals surface area (Å²) in [5.41, 5.74) is -2.89. The maximum atomic E-state index is 16.2. The average Bonchev–Trinajstić information content (AvgIpc) is 3.63. The second-order valence-corrected chi connectivity index (χ2v) is 11.2. The second-order valence-electron chi connectivity index (χ2n) is 10.8. The van der Waals surface area contributed by atoms with Crippen molar-refractivity contribution in [1.29, 1.82) is 0 Å². The van der Waals surface area contributed by atoms with Gasteiger partial charge in [0.1, 0.15) is 29.8 Å². The van der Waals surface area contributed by atoms with Crippen LogP contribution in [-0.4, -0.2) is 77.4 Å². The van der Waals surface area contributed by atoms with Crippen LogP contribution >= 0.6 is 11.6 Å². The van der Waals surface area contributed by atoms with Gasteiger partial charge in [-0.15, -0.1) is 0 Å². The van der Waals surface area contributed by atoms with E-state index in [1.807, 2.05) is 11.9 Å². The highest BCUT2D eigenvalue weighted by atomic mass is 35.5. The summed E-state index contributed by atoms with van der Waals surface area (Å²) >= 11 is 5.90. The minimum atomic E-state index is -4.83. The zero-order valence-corrected chi connectivity index (χ0v) is 22.5. The number of nitrogens with zero attached hydrogens (tertiary/aromatic N) is 5. The molecule has 3 fully saturated rings. The largest absolute Gasteiger partial charge is 0.461 e. The lowest BCUT2D eigenvalue weighted by atomic mass is 9.95. The van der Waals surface area contributed by atoms with Gasteiger partial charge in [-0.25, -0.2) is 8.78 Å². The molecular formula is C27H28ClF5N6O. The van der Waals surface area contributed by atoms with Gasteiger partial charge in [0.2, 0.25) is 0 Å². The van der Waals surface area contributed by atoms with E-state index in [0.29, 0.717) is 25.3 Å². The van der Waals surface area contributed by atoms with Crippen LogP contribution < -0.4 is 15.0 Å². The number of likely N-dealkylation sites (N-methyl/N-ethyl adjacent to an activating group) is 1. The molecule has 0 bridgehead atoms. The minimum Gasteiger partial charge on any atom is -0.461 e. The Labute approximate surface area is 232 Å². The summed E-state index contributed by atoms with van der Waals surface area (Å²) in [5, 5.41) is 2.96. The predicted molar refractivity (Wildman–Crippen MR) is 141 cm³/mol. The molecule has 40 heavy (non-hydrogen) atoms. The zero-order chi connectivity index (χ0) is 28.2. The number of hydrogen-bond acceptors (Lipinski definition) is 7. The Morgan fingerprint density at radius 1 is 1.27 bits per heavy atom. The van der Waals surface area contributed by atoms with Crippen molar-refractivity contribution in [2.24, 2.45) is 0 Å². The smallest absolute Gasteiger partial charge is 0.418 e. The summed E-state index contributed by atoms with van der Waals surface area (Å²) in [6.07, 6.45) is -1.67. The average molecular weight is 583 g/mol. The van der Waals surface area contributed by atoms with Crippen molar-refractivity contribution in [3.63, 3.8) is 0 Å². The number of aromatic nitrogens is 3. The molecule has 5 heterocycles. The van der Waals surface area contributed by atoms with Crippen LogP contribution in [0, 0.1) is 5.82 Å². The van der Waals surface area contributed by atoms with Crippen molar-refractivity contribution < 1.29 is 26.7 Å². The Morgan fingerprint density at radius 3 is 2.85 bits per heavy atom. The molecule has 6 rings (SSSR count). The lowest BCUT2D eigenvalue weighted by Gasteiger charge is -2.31. The van der Waals surface area contributed by atoms with E-state index in [0.717, 1.165) is 44.5 Å². The molecule has 0 amide bonds.